The molecule has 0 aliphatic carbocycles. The number of aryl methyl sites for hydroxylation is 2. The number of methoxy groups -OCH3 is 1. The minimum Gasteiger partial charge on any atom is -0.493 e. The van der Waals surface area contributed by atoms with Crippen LogP contribution in [0.2, 0.25) is 0 Å². The number of rotatable bonds is 9. The number of aliphatic imine (C=N–C) groups is 1. The zero-order valence-electron chi connectivity index (χ0n) is 23.3. The van der Waals surface area contributed by atoms with Crippen LogP contribution in [0.5, 0.6) is 11.5 Å². The maximum absolute atomic E-state index is 14.0. The summed E-state index contributed by atoms with van der Waals surface area (Å²) < 4.78 is 12.8. The second kappa shape index (κ2) is 13.4. The normalized spacial score (nSPS) is 15.1. The number of thioether (sulfide) groups is 1. The second-order valence-corrected chi connectivity index (χ2v) is 11.6. The van der Waals surface area contributed by atoms with Crippen LogP contribution in [0, 0.1) is 3.57 Å². The molecule has 0 unspecified atom stereocenters. The summed E-state index contributed by atoms with van der Waals surface area (Å²) in [6.07, 6.45) is 3.58. The molecule has 208 valence electrons. The quantitative estimate of drug-likeness (QED) is 0.132. The molecule has 0 N–H and O–H groups in total. The molecule has 41 heavy (non-hydrogen) atoms. The van der Waals surface area contributed by atoms with Crippen LogP contribution in [0.25, 0.3) is 6.08 Å². The Labute approximate surface area is 259 Å². The Morgan fingerprint density at radius 1 is 0.902 bits per heavy atom. The van der Waals surface area contributed by atoms with Crippen molar-refractivity contribution in [1.82, 2.24) is 0 Å². The lowest BCUT2D eigenvalue weighted by Crippen LogP contribution is -2.29. The minimum atomic E-state index is -0.0954. The Balaban J connectivity index is 1.52. The molecule has 1 aliphatic rings. The third kappa shape index (κ3) is 6.52. The van der Waals surface area contributed by atoms with Gasteiger partial charge in [-0.3, -0.25) is 9.69 Å². The van der Waals surface area contributed by atoms with Crippen molar-refractivity contribution in [2.24, 2.45) is 4.99 Å². The Hall–Kier alpha value is -3.56. The van der Waals surface area contributed by atoms with E-state index in [2.05, 4.69) is 48.6 Å². The second-order valence-electron chi connectivity index (χ2n) is 9.42. The van der Waals surface area contributed by atoms with Crippen molar-refractivity contribution in [2.75, 3.05) is 12.0 Å². The van der Waals surface area contributed by atoms with Gasteiger partial charge in [0.25, 0.3) is 5.91 Å². The van der Waals surface area contributed by atoms with E-state index in [1.807, 2.05) is 84.9 Å². The van der Waals surface area contributed by atoms with Crippen molar-refractivity contribution in [3.8, 4) is 11.5 Å². The topological polar surface area (TPSA) is 51.1 Å². The fourth-order valence-electron chi connectivity index (χ4n) is 4.66. The van der Waals surface area contributed by atoms with Crippen molar-refractivity contribution in [2.45, 2.75) is 33.3 Å². The van der Waals surface area contributed by atoms with E-state index in [4.69, 9.17) is 14.5 Å². The summed E-state index contributed by atoms with van der Waals surface area (Å²) in [5.74, 6) is 1.21. The zero-order valence-corrected chi connectivity index (χ0v) is 26.2. The molecule has 0 atom stereocenters. The van der Waals surface area contributed by atoms with E-state index in [1.54, 1.807) is 12.0 Å². The molecule has 1 heterocycles. The zero-order chi connectivity index (χ0) is 28.8. The predicted molar refractivity (Wildman–Crippen MR) is 178 cm³/mol. The van der Waals surface area contributed by atoms with Crippen molar-refractivity contribution >= 4 is 62.9 Å². The number of hydrogen-bond donors (Lipinski definition) is 0. The van der Waals surface area contributed by atoms with E-state index < -0.39 is 0 Å². The van der Waals surface area contributed by atoms with Gasteiger partial charge in [0, 0.05) is 0 Å². The van der Waals surface area contributed by atoms with E-state index in [-0.39, 0.29) is 5.91 Å². The van der Waals surface area contributed by atoms with Gasteiger partial charge in [-0.05, 0) is 99.8 Å². The summed E-state index contributed by atoms with van der Waals surface area (Å²) in [5.41, 5.74) is 5.90. The van der Waals surface area contributed by atoms with Crippen LogP contribution in [0.3, 0.4) is 0 Å². The van der Waals surface area contributed by atoms with Crippen molar-refractivity contribution < 1.29 is 14.3 Å². The molecule has 0 spiro atoms. The molecule has 4 aromatic carbocycles. The molecule has 0 aromatic heterocycles. The maximum Gasteiger partial charge on any atom is 0.271 e. The summed E-state index contributed by atoms with van der Waals surface area (Å²) in [7, 11) is 1.63. The van der Waals surface area contributed by atoms with Crippen LogP contribution in [0.1, 0.15) is 36.1 Å². The lowest BCUT2D eigenvalue weighted by atomic mass is 10.1. The van der Waals surface area contributed by atoms with Gasteiger partial charge < -0.3 is 9.47 Å². The number of amides is 1. The van der Waals surface area contributed by atoms with E-state index in [0.29, 0.717) is 28.2 Å². The molecule has 1 aliphatic heterocycles. The van der Waals surface area contributed by atoms with Gasteiger partial charge in [-0.1, -0.05) is 80.6 Å². The van der Waals surface area contributed by atoms with Crippen LogP contribution in [0.4, 0.5) is 11.4 Å². The van der Waals surface area contributed by atoms with Gasteiger partial charge in [0.15, 0.2) is 16.7 Å². The molecule has 0 radical (unpaired) electrons. The first-order valence-corrected chi connectivity index (χ1v) is 15.4. The summed E-state index contributed by atoms with van der Waals surface area (Å²) in [6, 6.07) is 30.1. The fraction of sp³-hybridized carbons (Fsp3) is 0.176. The van der Waals surface area contributed by atoms with E-state index in [0.717, 1.165) is 50.0 Å². The average molecular weight is 675 g/mol. The molecule has 5 nitrogen and oxygen atoms in total. The Bertz CT molecular complexity index is 1620. The SMILES string of the molecule is CCc1ccccc1N=C1S/C(=C\c2cc(I)c(OCc3ccccc3)c(OC)c2)C(=O)N1c1ccccc1CC. The van der Waals surface area contributed by atoms with Gasteiger partial charge in [0.1, 0.15) is 6.61 Å². The Morgan fingerprint density at radius 2 is 1.59 bits per heavy atom. The number of carbonyl (C=O) groups is 1. The molecule has 5 rings (SSSR count). The molecular formula is C34H31IN2O3S. The highest BCUT2D eigenvalue weighted by Crippen LogP contribution is 2.41. The molecular weight excluding hydrogens is 643 g/mol. The molecule has 4 aromatic rings. The van der Waals surface area contributed by atoms with Crippen molar-refractivity contribution in [3.05, 3.63) is 122 Å². The van der Waals surface area contributed by atoms with E-state index >= 15 is 0 Å². The number of nitrogens with zero attached hydrogens (tertiary/aromatic N) is 2. The number of ether oxygens (including phenoxy) is 2. The van der Waals surface area contributed by atoms with E-state index in [1.165, 1.54) is 11.8 Å². The van der Waals surface area contributed by atoms with Crippen LogP contribution >= 0.6 is 34.4 Å². The standard InChI is InChI=1S/C34H31IN2O3S/c1-4-25-15-9-11-17-28(25)36-34-37(29-18-12-10-16-26(29)5-2)33(38)31(41-34)21-24-19-27(35)32(30(20-24)39-3)40-22-23-13-7-6-8-14-23/h6-21H,4-5,22H2,1-3H3/b31-21-,36-34?. The molecule has 7 heteroatoms. The highest BCUT2D eigenvalue weighted by molar-refractivity contribution is 14.1. The summed E-state index contributed by atoms with van der Waals surface area (Å²) in [4.78, 5) is 21.4. The fourth-order valence-corrected chi connectivity index (χ4v) is 6.42. The summed E-state index contributed by atoms with van der Waals surface area (Å²) >= 11 is 3.65. The lowest BCUT2D eigenvalue weighted by Gasteiger charge is -2.19. The molecule has 0 bridgehead atoms. The number of hydrogen-bond acceptors (Lipinski definition) is 5. The number of amidine groups is 1. The first-order valence-electron chi connectivity index (χ1n) is 13.5. The number of anilines is 1. The van der Waals surface area contributed by atoms with Crippen LogP contribution in [-0.4, -0.2) is 18.2 Å². The number of carbonyl (C=O) groups excluding carboxylic acids is 1. The highest BCUT2D eigenvalue weighted by atomic mass is 127. The van der Waals surface area contributed by atoms with E-state index in [9.17, 15) is 4.79 Å². The monoisotopic (exact) mass is 674 g/mol. The molecule has 1 fully saturated rings. The number of benzene rings is 4. The van der Waals surface area contributed by atoms with Gasteiger partial charge in [-0.15, -0.1) is 0 Å². The first kappa shape index (κ1) is 29.0. The number of para-hydroxylation sites is 2. The Kier molecular flexibility index (Phi) is 9.46. The highest BCUT2D eigenvalue weighted by Gasteiger charge is 2.36. The maximum atomic E-state index is 14.0. The third-order valence-electron chi connectivity index (χ3n) is 6.78. The van der Waals surface area contributed by atoms with Gasteiger partial charge in [0.2, 0.25) is 0 Å². The molecule has 1 saturated heterocycles. The summed E-state index contributed by atoms with van der Waals surface area (Å²) in [5, 5.41) is 0.646. The van der Waals surface area contributed by atoms with Crippen LogP contribution in [0.15, 0.2) is 101 Å². The third-order valence-corrected chi connectivity index (χ3v) is 8.55. The van der Waals surface area contributed by atoms with Crippen LogP contribution in [-0.2, 0) is 24.2 Å². The first-order chi connectivity index (χ1) is 20.0. The molecule has 0 saturated carbocycles. The summed E-state index contributed by atoms with van der Waals surface area (Å²) in [6.45, 7) is 4.65. The minimum absolute atomic E-state index is 0.0954. The van der Waals surface area contributed by atoms with Gasteiger partial charge in [-0.25, -0.2) is 4.99 Å². The van der Waals surface area contributed by atoms with Gasteiger partial charge in [-0.2, -0.15) is 0 Å². The Morgan fingerprint density at radius 3 is 2.32 bits per heavy atom. The van der Waals surface area contributed by atoms with Gasteiger partial charge >= 0.3 is 0 Å². The largest absolute Gasteiger partial charge is 0.493 e. The van der Waals surface area contributed by atoms with Gasteiger partial charge in [0.05, 0.1) is 27.0 Å². The average Bonchev–Trinajstić information content (AvgIpc) is 3.30. The van der Waals surface area contributed by atoms with Crippen LogP contribution < -0.4 is 14.4 Å². The predicted octanol–water partition coefficient (Wildman–Crippen LogP) is 8.81. The smallest absolute Gasteiger partial charge is 0.271 e. The number of halogens is 1. The lowest BCUT2D eigenvalue weighted by molar-refractivity contribution is -0.113. The van der Waals surface area contributed by atoms with Crippen molar-refractivity contribution in [3.63, 3.8) is 0 Å². The van der Waals surface area contributed by atoms with Crippen molar-refractivity contribution in [1.29, 1.82) is 0 Å². The molecule has 1 amide bonds.